The predicted molar refractivity (Wildman–Crippen MR) is 85.9 cm³/mol. The molecule has 2 atom stereocenters. The third-order valence-corrected chi connectivity index (χ3v) is 4.09. The van der Waals surface area contributed by atoms with Crippen molar-refractivity contribution >= 4 is 0 Å². The van der Waals surface area contributed by atoms with Crippen LogP contribution in [0, 0.1) is 11.3 Å². The minimum absolute atomic E-state index is 0.0837. The van der Waals surface area contributed by atoms with Crippen molar-refractivity contribution in [2.45, 2.75) is 25.4 Å². The minimum atomic E-state index is -0.0837. The number of hydrogen-bond donors (Lipinski definition) is 1. The zero-order valence-corrected chi connectivity index (χ0v) is 13.1. The summed E-state index contributed by atoms with van der Waals surface area (Å²) in [6, 6.07) is 13.3. The minimum Gasteiger partial charge on any atom is -0.303 e. The molecule has 1 fully saturated rings. The topological polar surface area (TPSA) is 42.3 Å². The zero-order chi connectivity index (χ0) is 15.1. The lowest BCUT2D eigenvalue weighted by Gasteiger charge is -2.41. The van der Waals surface area contributed by atoms with Gasteiger partial charge in [0, 0.05) is 32.2 Å². The second kappa shape index (κ2) is 8.14. The molecule has 2 unspecified atom stereocenters. The SMILES string of the molecule is CCCNC(C#N)CN1CCN(C)CC1c1ccccc1. The lowest BCUT2D eigenvalue weighted by Crippen LogP contribution is -2.51. The van der Waals surface area contributed by atoms with Gasteiger partial charge in [0.1, 0.15) is 6.04 Å². The van der Waals surface area contributed by atoms with E-state index in [2.05, 4.69) is 65.5 Å². The number of nitriles is 1. The summed E-state index contributed by atoms with van der Waals surface area (Å²) < 4.78 is 0. The molecule has 0 bridgehead atoms. The van der Waals surface area contributed by atoms with Gasteiger partial charge in [-0.15, -0.1) is 0 Å². The van der Waals surface area contributed by atoms with E-state index in [0.29, 0.717) is 6.04 Å². The number of nitrogens with zero attached hydrogens (tertiary/aromatic N) is 3. The van der Waals surface area contributed by atoms with Crippen LogP contribution in [0.1, 0.15) is 24.9 Å². The van der Waals surface area contributed by atoms with Gasteiger partial charge in [-0.1, -0.05) is 37.3 Å². The Kier molecular flexibility index (Phi) is 6.19. The molecule has 21 heavy (non-hydrogen) atoms. The van der Waals surface area contributed by atoms with Crippen molar-refractivity contribution in [1.82, 2.24) is 15.1 Å². The van der Waals surface area contributed by atoms with Gasteiger partial charge in [0.15, 0.2) is 0 Å². The van der Waals surface area contributed by atoms with E-state index in [-0.39, 0.29) is 6.04 Å². The van der Waals surface area contributed by atoms with Crippen LogP contribution in [0.4, 0.5) is 0 Å². The molecule has 0 saturated carbocycles. The smallest absolute Gasteiger partial charge is 0.108 e. The van der Waals surface area contributed by atoms with E-state index >= 15 is 0 Å². The van der Waals surface area contributed by atoms with Crippen molar-refractivity contribution in [2.24, 2.45) is 0 Å². The van der Waals surface area contributed by atoms with Gasteiger partial charge >= 0.3 is 0 Å². The van der Waals surface area contributed by atoms with E-state index in [4.69, 9.17) is 0 Å². The van der Waals surface area contributed by atoms with Crippen LogP contribution in [0.15, 0.2) is 30.3 Å². The average molecular weight is 286 g/mol. The van der Waals surface area contributed by atoms with Crippen LogP contribution in [0.5, 0.6) is 0 Å². The fourth-order valence-corrected chi connectivity index (χ4v) is 2.87. The van der Waals surface area contributed by atoms with Crippen LogP contribution in [0.3, 0.4) is 0 Å². The van der Waals surface area contributed by atoms with Crippen LogP contribution >= 0.6 is 0 Å². The van der Waals surface area contributed by atoms with E-state index in [1.54, 1.807) is 0 Å². The van der Waals surface area contributed by atoms with Gasteiger partial charge in [-0.2, -0.15) is 5.26 Å². The number of hydrogen-bond acceptors (Lipinski definition) is 4. The summed E-state index contributed by atoms with van der Waals surface area (Å²) in [5, 5.41) is 12.7. The summed E-state index contributed by atoms with van der Waals surface area (Å²) in [5.74, 6) is 0. The van der Waals surface area contributed by atoms with Gasteiger partial charge < -0.3 is 10.2 Å². The molecule has 1 aliphatic heterocycles. The lowest BCUT2D eigenvalue weighted by atomic mass is 10.0. The Labute approximate surface area is 128 Å². The maximum Gasteiger partial charge on any atom is 0.108 e. The molecular formula is C17H26N4. The summed E-state index contributed by atoms with van der Waals surface area (Å²) in [6.45, 7) is 6.93. The quantitative estimate of drug-likeness (QED) is 0.867. The summed E-state index contributed by atoms with van der Waals surface area (Å²) in [6.07, 6.45) is 1.06. The predicted octanol–water partition coefficient (Wildman–Crippen LogP) is 1.87. The van der Waals surface area contributed by atoms with Crippen molar-refractivity contribution in [1.29, 1.82) is 5.26 Å². The number of rotatable bonds is 6. The Morgan fingerprint density at radius 1 is 1.33 bits per heavy atom. The maximum absolute atomic E-state index is 9.34. The van der Waals surface area contributed by atoms with Gasteiger partial charge in [-0.3, -0.25) is 4.90 Å². The zero-order valence-electron chi connectivity index (χ0n) is 13.1. The molecule has 0 aromatic heterocycles. The molecule has 1 N–H and O–H groups in total. The molecule has 2 rings (SSSR count). The molecule has 1 aromatic carbocycles. The van der Waals surface area contributed by atoms with Crippen molar-refractivity contribution in [3.8, 4) is 6.07 Å². The Morgan fingerprint density at radius 2 is 2.10 bits per heavy atom. The van der Waals surface area contributed by atoms with Gasteiger partial charge in [0.05, 0.1) is 6.07 Å². The summed E-state index contributed by atoms with van der Waals surface area (Å²) >= 11 is 0. The molecule has 0 radical (unpaired) electrons. The summed E-state index contributed by atoms with van der Waals surface area (Å²) in [7, 11) is 2.17. The van der Waals surface area contributed by atoms with Crippen LogP contribution in [-0.4, -0.2) is 55.6 Å². The van der Waals surface area contributed by atoms with E-state index in [1.807, 2.05) is 0 Å². The highest BCUT2D eigenvalue weighted by atomic mass is 15.3. The molecule has 114 valence electrons. The maximum atomic E-state index is 9.34. The van der Waals surface area contributed by atoms with E-state index < -0.39 is 0 Å². The van der Waals surface area contributed by atoms with Crippen molar-refractivity contribution in [3.05, 3.63) is 35.9 Å². The third-order valence-electron chi connectivity index (χ3n) is 4.09. The standard InChI is InChI=1S/C17H26N4/c1-3-9-19-16(12-18)13-21-11-10-20(2)14-17(21)15-7-5-4-6-8-15/h4-8,16-17,19H,3,9-11,13-14H2,1-2H3. The second-order valence-electron chi connectivity index (χ2n) is 5.82. The second-order valence-corrected chi connectivity index (χ2v) is 5.82. The van der Waals surface area contributed by atoms with E-state index in [9.17, 15) is 5.26 Å². The monoisotopic (exact) mass is 286 g/mol. The average Bonchev–Trinajstić information content (AvgIpc) is 2.53. The van der Waals surface area contributed by atoms with Crippen molar-refractivity contribution < 1.29 is 0 Å². The Balaban J connectivity index is 2.06. The van der Waals surface area contributed by atoms with Gasteiger partial charge in [0.25, 0.3) is 0 Å². The highest BCUT2D eigenvalue weighted by Gasteiger charge is 2.28. The molecule has 4 heteroatoms. The Hall–Kier alpha value is -1.41. The lowest BCUT2D eigenvalue weighted by molar-refractivity contribution is 0.0854. The Morgan fingerprint density at radius 3 is 2.76 bits per heavy atom. The Bertz CT molecular complexity index is 454. The molecule has 1 aromatic rings. The number of nitrogens with one attached hydrogen (secondary N) is 1. The van der Waals surface area contributed by atoms with Crippen LogP contribution in [0.2, 0.25) is 0 Å². The highest BCUT2D eigenvalue weighted by molar-refractivity contribution is 5.20. The largest absolute Gasteiger partial charge is 0.303 e. The first-order valence-corrected chi connectivity index (χ1v) is 7.85. The van der Waals surface area contributed by atoms with Gasteiger partial charge in [0.2, 0.25) is 0 Å². The molecular weight excluding hydrogens is 260 g/mol. The first-order chi connectivity index (χ1) is 10.2. The molecule has 0 spiro atoms. The van der Waals surface area contributed by atoms with Crippen LogP contribution in [-0.2, 0) is 0 Å². The molecule has 0 aliphatic carbocycles. The highest BCUT2D eigenvalue weighted by Crippen LogP contribution is 2.24. The van der Waals surface area contributed by atoms with Crippen LogP contribution < -0.4 is 5.32 Å². The number of piperazine rings is 1. The van der Waals surface area contributed by atoms with Gasteiger partial charge in [-0.05, 0) is 25.6 Å². The molecule has 4 nitrogen and oxygen atoms in total. The molecule has 1 aliphatic rings. The fraction of sp³-hybridized carbons (Fsp3) is 0.588. The van der Waals surface area contributed by atoms with Gasteiger partial charge in [-0.25, -0.2) is 0 Å². The molecule has 1 heterocycles. The van der Waals surface area contributed by atoms with Crippen molar-refractivity contribution in [3.63, 3.8) is 0 Å². The van der Waals surface area contributed by atoms with E-state index in [1.165, 1.54) is 5.56 Å². The third kappa shape index (κ3) is 4.53. The number of likely N-dealkylation sites (N-methyl/N-ethyl adjacent to an activating group) is 1. The first-order valence-electron chi connectivity index (χ1n) is 7.85. The van der Waals surface area contributed by atoms with E-state index in [0.717, 1.165) is 39.1 Å². The molecule has 1 saturated heterocycles. The summed E-state index contributed by atoms with van der Waals surface area (Å²) in [5.41, 5.74) is 1.34. The van der Waals surface area contributed by atoms with Crippen LogP contribution in [0.25, 0.3) is 0 Å². The van der Waals surface area contributed by atoms with Crippen molar-refractivity contribution in [2.75, 3.05) is 39.8 Å². The summed E-state index contributed by atoms with van der Waals surface area (Å²) in [4.78, 5) is 4.82. The normalized spacial score (nSPS) is 21.9. The number of benzene rings is 1. The fourth-order valence-electron chi connectivity index (χ4n) is 2.87. The first kappa shape index (κ1) is 16.0. The molecule has 0 amide bonds.